The molecule has 0 aromatic heterocycles. The van der Waals surface area contributed by atoms with Gasteiger partial charge in [0.05, 0.1) is 12.8 Å². The minimum absolute atomic E-state index is 0. The van der Waals surface area contributed by atoms with Crippen LogP contribution in [-0.4, -0.2) is 43.9 Å². The largest absolute Gasteiger partial charge is 0.491 e. The second-order valence-electron chi connectivity index (χ2n) is 5.52. The van der Waals surface area contributed by atoms with E-state index < -0.39 is 0 Å². The molecular formula is C16H26ClFN2O. The van der Waals surface area contributed by atoms with Gasteiger partial charge in [0.2, 0.25) is 0 Å². The fourth-order valence-electron chi connectivity index (χ4n) is 2.70. The molecule has 0 bridgehead atoms. The lowest BCUT2D eigenvalue weighted by Crippen LogP contribution is -2.45. The highest BCUT2D eigenvalue weighted by molar-refractivity contribution is 5.85. The Kier molecular flexibility index (Phi) is 8.01. The van der Waals surface area contributed by atoms with Gasteiger partial charge in [0.1, 0.15) is 5.75 Å². The molecule has 0 aliphatic carbocycles. The van der Waals surface area contributed by atoms with Gasteiger partial charge in [0.15, 0.2) is 0 Å². The molecular weight excluding hydrogens is 291 g/mol. The molecule has 0 amide bonds. The van der Waals surface area contributed by atoms with Gasteiger partial charge in [-0.1, -0.05) is 12.1 Å². The second kappa shape index (κ2) is 9.23. The van der Waals surface area contributed by atoms with Crippen molar-refractivity contribution < 1.29 is 9.13 Å². The number of rotatable bonds is 6. The van der Waals surface area contributed by atoms with Crippen molar-refractivity contribution in [3.63, 3.8) is 0 Å². The van der Waals surface area contributed by atoms with Crippen molar-refractivity contribution in [2.45, 2.75) is 32.4 Å². The van der Waals surface area contributed by atoms with Gasteiger partial charge in [0.25, 0.3) is 0 Å². The van der Waals surface area contributed by atoms with Gasteiger partial charge in [-0.2, -0.15) is 0 Å². The lowest BCUT2D eigenvalue weighted by atomic mass is 10.0. The highest BCUT2D eigenvalue weighted by Crippen LogP contribution is 2.26. The molecule has 1 aliphatic heterocycles. The van der Waals surface area contributed by atoms with E-state index in [2.05, 4.69) is 22.3 Å². The first-order chi connectivity index (χ1) is 9.70. The van der Waals surface area contributed by atoms with Gasteiger partial charge >= 0.3 is 0 Å². The Bertz CT molecular complexity index is 394. The number of nitrogens with zero attached hydrogens (tertiary/aromatic N) is 1. The summed E-state index contributed by atoms with van der Waals surface area (Å²) < 4.78 is 18.5. The Morgan fingerprint density at radius 3 is 2.33 bits per heavy atom. The molecule has 1 fully saturated rings. The van der Waals surface area contributed by atoms with Crippen molar-refractivity contribution in [1.82, 2.24) is 10.2 Å². The van der Waals surface area contributed by atoms with Gasteiger partial charge in [-0.3, -0.25) is 9.29 Å². The van der Waals surface area contributed by atoms with E-state index in [1.165, 1.54) is 5.56 Å². The molecule has 1 aromatic carbocycles. The monoisotopic (exact) mass is 316 g/mol. The minimum Gasteiger partial charge on any atom is -0.491 e. The van der Waals surface area contributed by atoms with E-state index in [9.17, 15) is 4.39 Å². The summed E-state index contributed by atoms with van der Waals surface area (Å²) in [6, 6.07) is 8.29. The van der Waals surface area contributed by atoms with Crippen molar-refractivity contribution in [3.8, 4) is 5.75 Å². The molecule has 0 radical (unpaired) electrons. The number of halogens is 2. The first-order valence-corrected chi connectivity index (χ1v) is 7.48. The standard InChI is InChI=1S/C16H25FN2O.ClH/c1-13(2)20-15-5-3-14(4-6-15)16(7-8-17)19-11-9-18-10-12-19;/h3-6,13,16,18H,7-12H2,1-2H3;1H/t16-;/m0./s1. The maximum atomic E-state index is 12.9. The molecule has 1 atom stereocenters. The second-order valence-corrected chi connectivity index (χ2v) is 5.52. The van der Waals surface area contributed by atoms with E-state index >= 15 is 0 Å². The lowest BCUT2D eigenvalue weighted by molar-refractivity contribution is 0.157. The Balaban J connectivity index is 0.00000220. The van der Waals surface area contributed by atoms with Crippen LogP contribution in [0.1, 0.15) is 31.9 Å². The van der Waals surface area contributed by atoms with Gasteiger partial charge in [-0.15, -0.1) is 12.4 Å². The zero-order chi connectivity index (χ0) is 14.4. The average molecular weight is 317 g/mol. The molecule has 5 heteroatoms. The third kappa shape index (κ3) is 5.46. The predicted molar refractivity (Wildman–Crippen MR) is 87.2 cm³/mol. The summed E-state index contributed by atoms with van der Waals surface area (Å²) in [6.45, 7) is 7.68. The highest BCUT2D eigenvalue weighted by atomic mass is 35.5. The van der Waals surface area contributed by atoms with E-state index in [0.717, 1.165) is 31.9 Å². The van der Waals surface area contributed by atoms with Crippen molar-refractivity contribution in [1.29, 1.82) is 0 Å². The summed E-state index contributed by atoms with van der Waals surface area (Å²) >= 11 is 0. The van der Waals surface area contributed by atoms with E-state index in [-0.39, 0.29) is 31.2 Å². The quantitative estimate of drug-likeness (QED) is 0.872. The van der Waals surface area contributed by atoms with Gasteiger partial charge < -0.3 is 10.1 Å². The Morgan fingerprint density at radius 2 is 1.81 bits per heavy atom. The van der Waals surface area contributed by atoms with Crippen molar-refractivity contribution in [2.24, 2.45) is 0 Å². The number of hydrogen-bond acceptors (Lipinski definition) is 3. The van der Waals surface area contributed by atoms with Crippen LogP contribution >= 0.6 is 12.4 Å². The van der Waals surface area contributed by atoms with Crippen LogP contribution in [0.5, 0.6) is 5.75 Å². The fourth-order valence-corrected chi connectivity index (χ4v) is 2.70. The zero-order valence-electron chi connectivity index (χ0n) is 12.8. The fraction of sp³-hybridized carbons (Fsp3) is 0.625. The lowest BCUT2D eigenvalue weighted by Gasteiger charge is -2.35. The van der Waals surface area contributed by atoms with Crippen LogP contribution in [0.15, 0.2) is 24.3 Å². The average Bonchev–Trinajstić information content (AvgIpc) is 2.46. The topological polar surface area (TPSA) is 24.5 Å². The Morgan fingerprint density at radius 1 is 1.19 bits per heavy atom. The highest BCUT2D eigenvalue weighted by Gasteiger charge is 2.21. The van der Waals surface area contributed by atoms with Crippen LogP contribution < -0.4 is 10.1 Å². The first-order valence-electron chi connectivity index (χ1n) is 7.48. The predicted octanol–water partition coefficient (Wildman–Crippen LogP) is 3.20. The normalized spacial score (nSPS) is 17.3. The van der Waals surface area contributed by atoms with Crippen LogP contribution in [0.4, 0.5) is 4.39 Å². The third-order valence-electron chi connectivity index (χ3n) is 3.61. The summed E-state index contributed by atoms with van der Waals surface area (Å²) in [5, 5.41) is 3.34. The summed E-state index contributed by atoms with van der Waals surface area (Å²) in [5.74, 6) is 0.878. The van der Waals surface area contributed by atoms with Crippen molar-refractivity contribution in [3.05, 3.63) is 29.8 Å². The van der Waals surface area contributed by atoms with Crippen molar-refractivity contribution in [2.75, 3.05) is 32.9 Å². The summed E-state index contributed by atoms with van der Waals surface area (Å²) in [5.41, 5.74) is 1.18. The summed E-state index contributed by atoms with van der Waals surface area (Å²) in [6.07, 6.45) is 0.736. The maximum absolute atomic E-state index is 12.9. The van der Waals surface area contributed by atoms with Gasteiger partial charge in [-0.25, -0.2) is 0 Å². The maximum Gasteiger partial charge on any atom is 0.119 e. The molecule has 0 unspecified atom stereocenters. The van der Waals surface area contributed by atoms with E-state index in [1.54, 1.807) is 0 Å². The molecule has 3 nitrogen and oxygen atoms in total. The first kappa shape index (κ1) is 18.2. The third-order valence-corrected chi connectivity index (χ3v) is 3.61. The molecule has 1 aliphatic rings. The number of alkyl halides is 1. The van der Waals surface area contributed by atoms with E-state index in [1.807, 2.05) is 26.0 Å². The molecule has 2 rings (SSSR count). The number of hydrogen-bond donors (Lipinski definition) is 1. The SMILES string of the molecule is CC(C)Oc1ccc([C@H](CCF)N2CCNCC2)cc1.Cl. The smallest absolute Gasteiger partial charge is 0.119 e. The molecule has 120 valence electrons. The van der Waals surface area contributed by atoms with Crippen molar-refractivity contribution >= 4 is 12.4 Å². The Hall–Kier alpha value is -0.840. The number of ether oxygens (including phenoxy) is 1. The summed E-state index contributed by atoms with van der Waals surface area (Å²) in [4.78, 5) is 2.37. The number of piperazine rings is 1. The zero-order valence-corrected chi connectivity index (χ0v) is 13.7. The molecule has 0 spiro atoms. The summed E-state index contributed by atoms with van der Waals surface area (Å²) in [7, 11) is 0. The molecule has 1 N–H and O–H groups in total. The Labute approximate surface area is 133 Å². The molecule has 21 heavy (non-hydrogen) atoms. The minimum atomic E-state index is -0.279. The van der Waals surface area contributed by atoms with E-state index in [4.69, 9.17) is 4.74 Å². The number of benzene rings is 1. The molecule has 1 heterocycles. The van der Waals surface area contributed by atoms with Crippen LogP contribution in [-0.2, 0) is 0 Å². The number of nitrogens with one attached hydrogen (secondary N) is 1. The van der Waals surface area contributed by atoms with E-state index in [0.29, 0.717) is 6.42 Å². The van der Waals surface area contributed by atoms with Crippen LogP contribution in [0.2, 0.25) is 0 Å². The van der Waals surface area contributed by atoms with Crippen LogP contribution in [0.3, 0.4) is 0 Å². The van der Waals surface area contributed by atoms with Gasteiger partial charge in [-0.05, 0) is 38.0 Å². The van der Waals surface area contributed by atoms with Crippen LogP contribution in [0, 0.1) is 0 Å². The van der Waals surface area contributed by atoms with Gasteiger partial charge in [0, 0.05) is 32.2 Å². The van der Waals surface area contributed by atoms with Crippen LogP contribution in [0.25, 0.3) is 0 Å². The molecule has 1 aromatic rings. The molecule has 1 saturated heterocycles. The molecule has 0 saturated carbocycles.